The summed E-state index contributed by atoms with van der Waals surface area (Å²) in [6, 6.07) is 7.86. The van der Waals surface area contributed by atoms with E-state index >= 15 is 0 Å². The van der Waals surface area contributed by atoms with Crippen LogP contribution in [0.3, 0.4) is 0 Å². The lowest BCUT2D eigenvalue weighted by Gasteiger charge is -2.08. The Balaban J connectivity index is 2.48. The van der Waals surface area contributed by atoms with Gasteiger partial charge in [0, 0.05) is 24.8 Å². The van der Waals surface area contributed by atoms with Crippen LogP contribution in [0.5, 0.6) is 0 Å². The monoisotopic (exact) mass is 235 g/mol. The lowest BCUT2D eigenvalue weighted by Crippen LogP contribution is -2.00. The lowest BCUT2D eigenvalue weighted by molar-refractivity contribution is 0.667. The molecule has 0 unspecified atom stereocenters. The van der Waals surface area contributed by atoms with Crippen molar-refractivity contribution >= 4 is 11.6 Å². The largest absolute Gasteiger partial charge is 0.326 e. The summed E-state index contributed by atoms with van der Waals surface area (Å²) in [5, 5.41) is 4.95. The van der Waals surface area contributed by atoms with Crippen molar-refractivity contribution < 1.29 is 0 Å². The maximum Gasteiger partial charge on any atom is 0.0697 e. The molecule has 3 nitrogen and oxygen atoms in total. The van der Waals surface area contributed by atoms with Crippen molar-refractivity contribution in [2.75, 3.05) is 0 Å². The maximum absolute atomic E-state index is 6.23. The van der Waals surface area contributed by atoms with Crippen molar-refractivity contribution in [2.24, 2.45) is 5.73 Å². The molecule has 1 aromatic heterocycles. The molecule has 0 radical (unpaired) electrons. The van der Waals surface area contributed by atoms with E-state index in [1.807, 2.05) is 28.9 Å². The Kier molecular flexibility index (Phi) is 3.27. The highest BCUT2D eigenvalue weighted by Gasteiger charge is 2.08. The number of hydrogen-bond donors (Lipinski definition) is 1. The molecule has 0 aliphatic heterocycles. The van der Waals surface area contributed by atoms with E-state index in [9.17, 15) is 0 Å². The first-order valence-electron chi connectivity index (χ1n) is 5.27. The van der Waals surface area contributed by atoms with Gasteiger partial charge < -0.3 is 5.73 Å². The maximum atomic E-state index is 6.23. The second-order valence-electron chi connectivity index (χ2n) is 3.55. The summed E-state index contributed by atoms with van der Waals surface area (Å²) in [6.45, 7) is 3.39. The number of aryl methyl sites for hydroxylation is 1. The average Bonchev–Trinajstić information content (AvgIpc) is 2.76. The van der Waals surface area contributed by atoms with Crippen LogP contribution in [0.2, 0.25) is 5.02 Å². The minimum atomic E-state index is 0.507. The first-order chi connectivity index (χ1) is 7.76. The molecule has 2 N–H and O–H groups in total. The van der Waals surface area contributed by atoms with Crippen molar-refractivity contribution in [3.8, 4) is 11.3 Å². The Morgan fingerprint density at radius 3 is 2.81 bits per heavy atom. The van der Waals surface area contributed by atoms with Gasteiger partial charge in [0.1, 0.15) is 0 Å². The van der Waals surface area contributed by atoms with Gasteiger partial charge in [0.05, 0.1) is 10.7 Å². The zero-order chi connectivity index (χ0) is 11.5. The fraction of sp³-hybridized carbons (Fsp3) is 0.250. The first-order valence-corrected chi connectivity index (χ1v) is 5.64. The Morgan fingerprint density at radius 1 is 1.38 bits per heavy atom. The van der Waals surface area contributed by atoms with Crippen molar-refractivity contribution in [1.82, 2.24) is 9.78 Å². The van der Waals surface area contributed by atoms with Gasteiger partial charge in [-0.15, -0.1) is 0 Å². The van der Waals surface area contributed by atoms with E-state index in [0.717, 1.165) is 28.4 Å². The Morgan fingerprint density at radius 2 is 2.19 bits per heavy atom. The Hall–Kier alpha value is -1.32. The molecule has 0 saturated carbocycles. The summed E-state index contributed by atoms with van der Waals surface area (Å²) >= 11 is 6.23. The predicted molar refractivity (Wildman–Crippen MR) is 66.2 cm³/mol. The third-order valence-electron chi connectivity index (χ3n) is 2.56. The topological polar surface area (TPSA) is 43.8 Å². The van der Waals surface area contributed by atoms with Gasteiger partial charge in [-0.3, -0.25) is 4.68 Å². The van der Waals surface area contributed by atoms with E-state index in [1.165, 1.54) is 0 Å². The zero-order valence-corrected chi connectivity index (χ0v) is 9.91. The smallest absolute Gasteiger partial charge is 0.0697 e. The van der Waals surface area contributed by atoms with Gasteiger partial charge in [0.2, 0.25) is 0 Å². The quantitative estimate of drug-likeness (QED) is 0.889. The van der Waals surface area contributed by atoms with Gasteiger partial charge in [-0.25, -0.2) is 0 Å². The van der Waals surface area contributed by atoms with Crippen LogP contribution < -0.4 is 5.73 Å². The number of benzene rings is 1. The van der Waals surface area contributed by atoms with Crippen LogP contribution in [-0.2, 0) is 13.1 Å². The Labute approximate surface area is 99.8 Å². The van der Waals surface area contributed by atoms with E-state index in [2.05, 4.69) is 12.0 Å². The first kappa shape index (κ1) is 11.2. The van der Waals surface area contributed by atoms with E-state index in [1.54, 1.807) is 6.20 Å². The van der Waals surface area contributed by atoms with Crippen LogP contribution in [0.25, 0.3) is 11.3 Å². The van der Waals surface area contributed by atoms with Crippen LogP contribution in [0.15, 0.2) is 30.5 Å². The third-order valence-corrected chi connectivity index (χ3v) is 2.87. The van der Waals surface area contributed by atoms with Crippen LogP contribution in [-0.4, -0.2) is 9.78 Å². The van der Waals surface area contributed by atoms with E-state index < -0.39 is 0 Å². The van der Waals surface area contributed by atoms with E-state index in [4.69, 9.17) is 17.3 Å². The van der Waals surface area contributed by atoms with Gasteiger partial charge in [0.15, 0.2) is 0 Å². The van der Waals surface area contributed by atoms with Gasteiger partial charge >= 0.3 is 0 Å². The normalized spacial score (nSPS) is 10.7. The second-order valence-corrected chi connectivity index (χ2v) is 3.96. The molecule has 84 valence electrons. The average molecular weight is 236 g/mol. The summed E-state index contributed by atoms with van der Waals surface area (Å²) < 4.78 is 1.92. The summed E-state index contributed by atoms with van der Waals surface area (Å²) in [7, 11) is 0. The van der Waals surface area contributed by atoms with E-state index in [-0.39, 0.29) is 0 Å². The summed E-state index contributed by atoms with van der Waals surface area (Å²) in [5.41, 5.74) is 8.64. The molecule has 0 aliphatic carbocycles. The van der Waals surface area contributed by atoms with Crippen molar-refractivity contribution in [2.45, 2.75) is 20.0 Å². The number of rotatable bonds is 3. The fourth-order valence-electron chi connectivity index (χ4n) is 1.71. The predicted octanol–water partition coefficient (Wildman–Crippen LogP) is 2.68. The van der Waals surface area contributed by atoms with Gasteiger partial charge in [-0.1, -0.05) is 23.7 Å². The molecule has 4 heteroatoms. The molecule has 2 rings (SSSR count). The van der Waals surface area contributed by atoms with Crippen molar-refractivity contribution in [1.29, 1.82) is 0 Å². The highest BCUT2D eigenvalue weighted by molar-refractivity contribution is 6.33. The minimum absolute atomic E-state index is 0.507. The van der Waals surface area contributed by atoms with Crippen molar-refractivity contribution in [3.05, 3.63) is 41.0 Å². The highest BCUT2D eigenvalue weighted by Crippen LogP contribution is 2.28. The number of hydrogen-bond acceptors (Lipinski definition) is 2. The molecule has 0 saturated heterocycles. The fourth-order valence-corrected chi connectivity index (χ4v) is 2.01. The molecule has 0 aliphatic rings. The second kappa shape index (κ2) is 4.68. The molecule has 0 spiro atoms. The number of nitrogens with zero attached hydrogens (tertiary/aromatic N) is 2. The molecular formula is C12H14ClN3. The molecule has 0 atom stereocenters. The molecule has 0 amide bonds. The van der Waals surface area contributed by atoms with Crippen LogP contribution in [0.4, 0.5) is 0 Å². The SMILES string of the molecule is CCn1nccc1-c1ccc(CN)cc1Cl. The number of halogens is 1. The minimum Gasteiger partial charge on any atom is -0.326 e. The van der Waals surface area contributed by atoms with Gasteiger partial charge in [0.25, 0.3) is 0 Å². The molecule has 0 fully saturated rings. The molecule has 1 heterocycles. The molecule has 16 heavy (non-hydrogen) atoms. The highest BCUT2D eigenvalue weighted by atomic mass is 35.5. The molecule has 1 aromatic carbocycles. The third kappa shape index (κ3) is 1.96. The van der Waals surface area contributed by atoms with Crippen LogP contribution >= 0.6 is 11.6 Å². The zero-order valence-electron chi connectivity index (χ0n) is 9.15. The summed E-state index contributed by atoms with van der Waals surface area (Å²) in [4.78, 5) is 0. The number of aromatic nitrogens is 2. The summed E-state index contributed by atoms with van der Waals surface area (Å²) in [5.74, 6) is 0. The molecular weight excluding hydrogens is 222 g/mol. The van der Waals surface area contributed by atoms with Crippen LogP contribution in [0.1, 0.15) is 12.5 Å². The lowest BCUT2D eigenvalue weighted by atomic mass is 10.1. The standard InChI is InChI=1S/C12H14ClN3/c1-2-16-12(5-6-15-16)10-4-3-9(8-14)7-11(10)13/h3-7H,2,8,14H2,1H3. The van der Waals surface area contributed by atoms with E-state index in [0.29, 0.717) is 6.54 Å². The summed E-state index contributed by atoms with van der Waals surface area (Å²) in [6.07, 6.45) is 1.78. The van der Waals surface area contributed by atoms with Crippen LogP contribution in [0, 0.1) is 0 Å². The molecule has 0 bridgehead atoms. The van der Waals surface area contributed by atoms with Gasteiger partial charge in [-0.05, 0) is 24.6 Å². The van der Waals surface area contributed by atoms with Gasteiger partial charge in [-0.2, -0.15) is 5.10 Å². The van der Waals surface area contributed by atoms with Crippen molar-refractivity contribution in [3.63, 3.8) is 0 Å². The Bertz CT molecular complexity index is 491. The number of nitrogens with two attached hydrogens (primary N) is 1. The molecule has 2 aromatic rings.